The van der Waals surface area contributed by atoms with Gasteiger partial charge in [0.2, 0.25) is 0 Å². The van der Waals surface area contributed by atoms with Gasteiger partial charge in [-0.15, -0.1) is 11.8 Å². The zero-order valence-corrected chi connectivity index (χ0v) is 16.3. The molecule has 1 N–H and O–H groups in total. The molecule has 6 heteroatoms. The first-order chi connectivity index (χ1) is 13.6. The van der Waals surface area contributed by atoms with E-state index in [0.29, 0.717) is 11.5 Å². The Bertz CT molecular complexity index is 950. The van der Waals surface area contributed by atoms with Crippen LogP contribution in [0.4, 0.5) is 0 Å². The summed E-state index contributed by atoms with van der Waals surface area (Å²) in [6, 6.07) is 15.6. The van der Waals surface area contributed by atoms with Crippen molar-refractivity contribution in [3.8, 4) is 16.9 Å². The van der Waals surface area contributed by atoms with Crippen molar-refractivity contribution in [1.29, 1.82) is 0 Å². The SMILES string of the molecule is CN1CC(Oc2c(-c3ccoc3)ccc(CSc3ccccc3)c2C(=O)O)C1. The highest BCUT2D eigenvalue weighted by atomic mass is 32.2. The third kappa shape index (κ3) is 3.93. The topological polar surface area (TPSA) is 62.9 Å². The number of likely N-dealkylation sites (tertiary alicyclic amines) is 1. The number of aromatic carboxylic acids is 1. The van der Waals surface area contributed by atoms with Gasteiger partial charge in [0.15, 0.2) is 0 Å². The molecule has 1 aliphatic rings. The summed E-state index contributed by atoms with van der Waals surface area (Å²) in [5.74, 6) is 0.00737. The average molecular weight is 395 g/mol. The Balaban J connectivity index is 1.71. The van der Waals surface area contributed by atoms with E-state index in [1.54, 1.807) is 24.3 Å². The maximum Gasteiger partial charge on any atom is 0.339 e. The predicted octanol–water partition coefficient (Wildman–Crippen LogP) is 4.63. The summed E-state index contributed by atoms with van der Waals surface area (Å²) in [5.41, 5.74) is 2.54. The van der Waals surface area contributed by atoms with Crippen LogP contribution in [-0.4, -0.2) is 42.2 Å². The molecule has 1 aliphatic heterocycles. The van der Waals surface area contributed by atoms with Gasteiger partial charge in [0.25, 0.3) is 0 Å². The molecule has 0 radical (unpaired) electrons. The number of carboxylic acids is 1. The van der Waals surface area contributed by atoms with Crippen LogP contribution in [-0.2, 0) is 5.75 Å². The predicted molar refractivity (Wildman–Crippen MR) is 109 cm³/mol. The summed E-state index contributed by atoms with van der Waals surface area (Å²) in [5, 5.41) is 10.00. The molecule has 144 valence electrons. The minimum atomic E-state index is -0.975. The summed E-state index contributed by atoms with van der Waals surface area (Å²) < 4.78 is 11.4. The van der Waals surface area contributed by atoms with Crippen LogP contribution in [0.3, 0.4) is 0 Å². The Kier molecular flexibility index (Phi) is 5.41. The van der Waals surface area contributed by atoms with Crippen LogP contribution in [0.1, 0.15) is 15.9 Å². The van der Waals surface area contributed by atoms with Crippen molar-refractivity contribution in [3.05, 3.63) is 72.2 Å². The average Bonchev–Trinajstić information content (AvgIpc) is 3.20. The van der Waals surface area contributed by atoms with Crippen LogP contribution in [0, 0.1) is 0 Å². The van der Waals surface area contributed by atoms with Crippen molar-refractivity contribution in [1.82, 2.24) is 4.90 Å². The lowest BCUT2D eigenvalue weighted by atomic mass is 9.99. The number of hydrogen-bond acceptors (Lipinski definition) is 5. The van der Waals surface area contributed by atoms with Gasteiger partial charge in [-0.25, -0.2) is 4.79 Å². The minimum Gasteiger partial charge on any atom is -0.486 e. The molecule has 1 saturated heterocycles. The molecule has 4 rings (SSSR count). The van der Waals surface area contributed by atoms with Gasteiger partial charge in [-0.1, -0.05) is 30.3 Å². The third-order valence-corrected chi connectivity index (χ3v) is 5.80. The fourth-order valence-corrected chi connectivity index (χ4v) is 4.22. The van der Waals surface area contributed by atoms with Crippen molar-refractivity contribution >= 4 is 17.7 Å². The number of benzene rings is 2. The van der Waals surface area contributed by atoms with Crippen LogP contribution in [0.15, 0.2) is 70.4 Å². The lowest BCUT2D eigenvalue weighted by molar-refractivity contribution is 0.0373. The molecule has 28 heavy (non-hydrogen) atoms. The van der Waals surface area contributed by atoms with E-state index in [2.05, 4.69) is 4.90 Å². The number of rotatable bonds is 7. The van der Waals surface area contributed by atoms with E-state index >= 15 is 0 Å². The second-order valence-electron chi connectivity index (χ2n) is 6.86. The second kappa shape index (κ2) is 8.12. The van der Waals surface area contributed by atoms with Crippen molar-refractivity contribution in [2.75, 3.05) is 20.1 Å². The molecule has 2 heterocycles. The van der Waals surface area contributed by atoms with Gasteiger partial charge in [-0.05, 0) is 30.8 Å². The van der Waals surface area contributed by atoms with Gasteiger partial charge in [-0.2, -0.15) is 0 Å². The molecule has 5 nitrogen and oxygen atoms in total. The number of ether oxygens (including phenoxy) is 1. The van der Waals surface area contributed by atoms with Gasteiger partial charge in [-0.3, -0.25) is 4.90 Å². The fraction of sp³-hybridized carbons (Fsp3) is 0.227. The summed E-state index contributed by atoms with van der Waals surface area (Å²) in [6.07, 6.45) is 3.18. The number of hydrogen-bond donors (Lipinski definition) is 1. The van der Waals surface area contributed by atoms with E-state index in [0.717, 1.165) is 34.7 Å². The summed E-state index contributed by atoms with van der Waals surface area (Å²) in [4.78, 5) is 15.4. The lowest BCUT2D eigenvalue weighted by Crippen LogP contribution is -2.51. The Morgan fingerprint density at radius 3 is 2.64 bits per heavy atom. The molecule has 0 amide bonds. The maximum absolute atomic E-state index is 12.2. The van der Waals surface area contributed by atoms with Gasteiger partial charge < -0.3 is 14.3 Å². The first-order valence-electron chi connectivity index (χ1n) is 9.06. The Hall–Kier alpha value is -2.70. The number of furan rings is 1. The quantitative estimate of drug-likeness (QED) is 0.589. The Morgan fingerprint density at radius 1 is 1.21 bits per heavy atom. The van der Waals surface area contributed by atoms with Crippen LogP contribution >= 0.6 is 11.8 Å². The normalized spacial score (nSPS) is 14.6. The molecule has 0 atom stereocenters. The van der Waals surface area contributed by atoms with Crippen molar-refractivity contribution in [3.63, 3.8) is 0 Å². The standard InChI is InChI=1S/C22H21NO4S/c1-23-11-17(12-23)27-21-19(15-9-10-26-13-15)8-7-16(20(21)22(24)25)14-28-18-5-3-2-4-6-18/h2-10,13,17H,11-12,14H2,1H3,(H,24,25). The van der Waals surface area contributed by atoms with Gasteiger partial charge >= 0.3 is 5.97 Å². The Morgan fingerprint density at radius 2 is 2.00 bits per heavy atom. The number of likely N-dealkylation sites (N-methyl/N-ethyl adjacent to an activating group) is 1. The van der Waals surface area contributed by atoms with E-state index in [-0.39, 0.29) is 11.7 Å². The van der Waals surface area contributed by atoms with E-state index < -0.39 is 5.97 Å². The molecule has 0 saturated carbocycles. The molecule has 0 bridgehead atoms. The van der Waals surface area contributed by atoms with E-state index in [1.165, 1.54) is 0 Å². The van der Waals surface area contributed by atoms with E-state index in [9.17, 15) is 9.90 Å². The molecule has 1 fully saturated rings. The summed E-state index contributed by atoms with van der Waals surface area (Å²) in [7, 11) is 2.02. The smallest absolute Gasteiger partial charge is 0.339 e. The number of thioether (sulfide) groups is 1. The fourth-order valence-electron chi connectivity index (χ4n) is 3.31. The second-order valence-corrected chi connectivity index (χ2v) is 7.91. The van der Waals surface area contributed by atoms with Crippen molar-refractivity contribution < 1.29 is 19.1 Å². The van der Waals surface area contributed by atoms with Gasteiger partial charge in [0.05, 0.1) is 12.5 Å². The highest BCUT2D eigenvalue weighted by Gasteiger charge is 2.29. The highest BCUT2D eigenvalue weighted by molar-refractivity contribution is 7.98. The first kappa shape index (κ1) is 18.7. The minimum absolute atomic E-state index is 0.00854. The molecular weight excluding hydrogens is 374 g/mol. The molecule has 0 spiro atoms. The third-order valence-electron chi connectivity index (χ3n) is 4.74. The number of nitrogens with zero attached hydrogens (tertiary/aromatic N) is 1. The monoisotopic (exact) mass is 395 g/mol. The number of carboxylic acid groups (broad SMARTS) is 1. The van der Waals surface area contributed by atoms with Crippen LogP contribution < -0.4 is 4.74 Å². The maximum atomic E-state index is 12.2. The summed E-state index contributed by atoms with van der Waals surface area (Å²) >= 11 is 1.61. The van der Waals surface area contributed by atoms with Gasteiger partial charge in [0.1, 0.15) is 17.4 Å². The Labute approximate surface area is 167 Å². The summed E-state index contributed by atoms with van der Waals surface area (Å²) in [6.45, 7) is 1.57. The van der Waals surface area contributed by atoms with Gasteiger partial charge in [0, 0.05) is 34.9 Å². The van der Waals surface area contributed by atoms with Crippen LogP contribution in [0.5, 0.6) is 5.75 Å². The molecule has 0 unspecified atom stereocenters. The van der Waals surface area contributed by atoms with E-state index in [4.69, 9.17) is 9.15 Å². The zero-order chi connectivity index (χ0) is 19.5. The highest BCUT2D eigenvalue weighted by Crippen LogP contribution is 2.39. The molecule has 3 aromatic rings. The lowest BCUT2D eigenvalue weighted by Gasteiger charge is -2.36. The zero-order valence-electron chi connectivity index (χ0n) is 15.5. The molecule has 0 aliphatic carbocycles. The number of carbonyl (C=O) groups is 1. The first-order valence-corrected chi connectivity index (χ1v) is 10.0. The molecule has 2 aromatic carbocycles. The largest absolute Gasteiger partial charge is 0.486 e. The van der Waals surface area contributed by atoms with Crippen LogP contribution in [0.25, 0.3) is 11.1 Å². The van der Waals surface area contributed by atoms with E-state index in [1.807, 2.05) is 55.6 Å². The van der Waals surface area contributed by atoms with Crippen LogP contribution in [0.2, 0.25) is 0 Å². The molecular formula is C22H21NO4S. The van der Waals surface area contributed by atoms with Crippen molar-refractivity contribution in [2.45, 2.75) is 16.8 Å². The molecule has 1 aromatic heterocycles. The van der Waals surface area contributed by atoms with Crippen molar-refractivity contribution in [2.24, 2.45) is 0 Å².